The van der Waals surface area contributed by atoms with Gasteiger partial charge in [-0.3, -0.25) is 9.69 Å². The predicted octanol–water partition coefficient (Wildman–Crippen LogP) is 1.78. The summed E-state index contributed by atoms with van der Waals surface area (Å²) in [6.07, 6.45) is 2.58. The van der Waals surface area contributed by atoms with Gasteiger partial charge in [0, 0.05) is 63.4 Å². The lowest BCUT2D eigenvalue weighted by molar-refractivity contribution is -0.121. The van der Waals surface area contributed by atoms with Crippen molar-refractivity contribution in [2.24, 2.45) is 0 Å². The fraction of sp³-hybridized carbons (Fsp3) is 0.526. The molecule has 5 heteroatoms. The van der Waals surface area contributed by atoms with Gasteiger partial charge in [0.15, 0.2) is 0 Å². The van der Waals surface area contributed by atoms with Gasteiger partial charge in [0.2, 0.25) is 5.91 Å². The predicted molar refractivity (Wildman–Crippen MR) is 98.1 cm³/mol. The van der Waals surface area contributed by atoms with Crippen LogP contribution in [0.25, 0.3) is 10.9 Å². The number of hydrogen-bond donors (Lipinski definition) is 1. The molecular weight excluding hydrogens is 300 g/mol. The van der Waals surface area contributed by atoms with Gasteiger partial charge in [-0.05, 0) is 31.5 Å². The molecule has 0 radical (unpaired) electrons. The number of nitrogens with one attached hydrogen (secondary N) is 1. The quantitative estimate of drug-likeness (QED) is 0.879. The normalized spacial score (nSPS) is 17.9. The average molecular weight is 328 g/mol. The van der Waals surface area contributed by atoms with Crippen LogP contribution in [0, 0.1) is 0 Å². The summed E-state index contributed by atoms with van der Waals surface area (Å²) in [6.45, 7) is 8.05. The number of carbonyl (C=O) groups is 1. The van der Waals surface area contributed by atoms with Crippen molar-refractivity contribution >= 4 is 16.8 Å². The fourth-order valence-corrected chi connectivity index (χ4v) is 3.30. The van der Waals surface area contributed by atoms with E-state index in [4.69, 9.17) is 0 Å². The summed E-state index contributed by atoms with van der Waals surface area (Å²) >= 11 is 0. The largest absolute Gasteiger partial charge is 0.354 e. The number of rotatable bonds is 6. The zero-order chi connectivity index (χ0) is 16.9. The van der Waals surface area contributed by atoms with Gasteiger partial charge in [-0.1, -0.05) is 18.2 Å². The van der Waals surface area contributed by atoms with Crippen molar-refractivity contribution in [3.05, 3.63) is 36.5 Å². The molecule has 0 unspecified atom stereocenters. The summed E-state index contributed by atoms with van der Waals surface area (Å²) in [6, 6.07) is 10.8. The minimum atomic E-state index is 0.133. The van der Waals surface area contributed by atoms with E-state index in [0.717, 1.165) is 39.3 Å². The Labute approximate surface area is 144 Å². The Bertz CT molecular complexity index is 673. The maximum Gasteiger partial charge on any atom is 0.221 e. The van der Waals surface area contributed by atoms with Gasteiger partial charge in [-0.15, -0.1) is 0 Å². The number of hydrogen-bond acceptors (Lipinski definition) is 3. The standard InChI is InChI=1S/C19H28N4O/c1-16(22-13-11-21(2)12-14-22)15-20-19(24)8-10-23-9-7-17-5-3-4-6-18(17)23/h3-7,9,16H,8,10-15H2,1-2H3,(H,20,24)/t16-/m1/s1. The molecule has 0 aliphatic carbocycles. The third-order valence-electron chi connectivity index (χ3n) is 5.02. The van der Waals surface area contributed by atoms with Gasteiger partial charge in [-0.25, -0.2) is 0 Å². The van der Waals surface area contributed by atoms with E-state index in [2.05, 4.69) is 58.1 Å². The topological polar surface area (TPSA) is 40.5 Å². The van der Waals surface area contributed by atoms with Crippen LogP contribution in [0.2, 0.25) is 0 Å². The number of aromatic nitrogens is 1. The van der Waals surface area contributed by atoms with Gasteiger partial charge < -0.3 is 14.8 Å². The number of carbonyl (C=O) groups excluding carboxylic acids is 1. The van der Waals surface area contributed by atoms with Crippen LogP contribution in [-0.4, -0.2) is 66.1 Å². The zero-order valence-corrected chi connectivity index (χ0v) is 14.7. The molecule has 1 atom stereocenters. The van der Waals surface area contributed by atoms with Crippen molar-refractivity contribution in [2.45, 2.75) is 25.9 Å². The van der Waals surface area contributed by atoms with Crippen molar-refractivity contribution in [3.63, 3.8) is 0 Å². The molecule has 2 aromatic rings. The molecule has 3 rings (SSSR count). The number of benzene rings is 1. The molecule has 2 heterocycles. The first-order valence-electron chi connectivity index (χ1n) is 8.86. The molecule has 1 fully saturated rings. The molecule has 0 bridgehead atoms. The van der Waals surface area contributed by atoms with Crippen LogP contribution in [-0.2, 0) is 11.3 Å². The lowest BCUT2D eigenvalue weighted by Gasteiger charge is -2.36. The summed E-state index contributed by atoms with van der Waals surface area (Å²) in [5, 5.41) is 4.32. The van der Waals surface area contributed by atoms with Crippen molar-refractivity contribution < 1.29 is 4.79 Å². The molecule has 1 aliphatic rings. The first kappa shape index (κ1) is 17.0. The molecule has 0 spiro atoms. The first-order valence-corrected chi connectivity index (χ1v) is 8.86. The zero-order valence-electron chi connectivity index (χ0n) is 14.7. The van der Waals surface area contributed by atoms with E-state index in [1.165, 1.54) is 10.9 Å². The number of amides is 1. The van der Waals surface area contributed by atoms with Gasteiger partial charge in [0.25, 0.3) is 0 Å². The molecule has 130 valence electrons. The maximum absolute atomic E-state index is 12.2. The van der Waals surface area contributed by atoms with Crippen LogP contribution in [0.15, 0.2) is 36.5 Å². The van der Waals surface area contributed by atoms with Gasteiger partial charge in [0.05, 0.1) is 0 Å². The molecule has 1 aromatic heterocycles. The molecule has 5 nitrogen and oxygen atoms in total. The van der Waals surface area contributed by atoms with Crippen LogP contribution in [0.5, 0.6) is 0 Å². The van der Waals surface area contributed by atoms with Crippen molar-refractivity contribution in [3.8, 4) is 0 Å². The van der Waals surface area contributed by atoms with Crippen LogP contribution in [0.1, 0.15) is 13.3 Å². The Morgan fingerprint density at radius 3 is 2.71 bits per heavy atom. The van der Waals surface area contributed by atoms with E-state index in [-0.39, 0.29) is 5.91 Å². The van der Waals surface area contributed by atoms with Crippen molar-refractivity contribution in [1.29, 1.82) is 0 Å². The van der Waals surface area contributed by atoms with Crippen LogP contribution < -0.4 is 5.32 Å². The van der Waals surface area contributed by atoms with E-state index in [1.807, 2.05) is 12.1 Å². The number of para-hydroxylation sites is 1. The van der Waals surface area contributed by atoms with E-state index >= 15 is 0 Å². The lowest BCUT2D eigenvalue weighted by atomic mass is 10.2. The summed E-state index contributed by atoms with van der Waals surface area (Å²) in [5.74, 6) is 0.133. The molecule has 1 saturated heterocycles. The number of nitrogens with zero attached hydrogens (tertiary/aromatic N) is 3. The van der Waals surface area contributed by atoms with Crippen LogP contribution in [0.4, 0.5) is 0 Å². The smallest absolute Gasteiger partial charge is 0.221 e. The Kier molecular flexibility index (Phi) is 5.53. The van der Waals surface area contributed by atoms with Crippen LogP contribution >= 0.6 is 0 Å². The molecule has 1 amide bonds. The van der Waals surface area contributed by atoms with E-state index < -0.39 is 0 Å². The van der Waals surface area contributed by atoms with Crippen LogP contribution in [0.3, 0.4) is 0 Å². The van der Waals surface area contributed by atoms with Gasteiger partial charge in [0.1, 0.15) is 0 Å². The Morgan fingerprint density at radius 1 is 1.17 bits per heavy atom. The lowest BCUT2D eigenvalue weighted by Crippen LogP contribution is -2.51. The maximum atomic E-state index is 12.2. The van der Waals surface area contributed by atoms with Crippen molar-refractivity contribution in [1.82, 2.24) is 19.7 Å². The Morgan fingerprint density at radius 2 is 1.92 bits per heavy atom. The molecule has 0 saturated carbocycles. The summed E-state index contributed by atoms with van der Waals surface area (Å²) < 4.78 is 2.15. The Hall–Kier alpha value is -1.85. The molecule has 1 aromatic carbocycles. The minimum Gasteiger partial charge on any atom is -0.354 e. The molecule has 1 aliphatic heterocycles. The highest BCUT2D eigenvalue weighted by molar-refractivity contribution is 5.80. The SMILES string of the molecule is C[C@H](CNC(=O)CCn1ccc2ccccc21)N1CCN(C)CC1. The second-order valence-corrected chi connectivity index (χ2v) is 6.81. The number of aryl methyl sites for hydroxylation is 1. The van der Waals surface area contributed by atoms with Crippen molar-refractivity contribution in [2.75, 3.05) is 39.8 Å². The van der Waals surface area contributed by atoms with Gasteiger partial charge >= 0.3 is 0 Å². The first-order chi connectivity index (χ1) is 11.6. The third-order valence-corrected chi connectivity index (χ3v) is 5.02. The fourth-order valence-electron chi connectivity index (χ4n) is 3.30. The number of fused-ring (bicyclic) bond motifs is 1. The third kappa shape index (κ3) is 4.16. The molecule has 24 heavy (non-hydrogen) atoms. The second kappa shape index (κ2) is 7.81. The van der Waals surface area contributed by atoms with E-state index in [9.17, 15) is 4.79 Å². The summed E-state index contributed by atoms with van der Waals surface area (Å²) in [7, 11) is 2.16. The highest BCUT2D eigenvalue weighted by atomic mass is 16.1. The highest BCUT2D eigenvalue weighted by Gasteiger charge is 2.19. The molecule has 1 N–H and O–H groups in total. The monoisotopic (exact) mass is 328 g/mol. The second-order valence-electron chi connectivity index (χ2n) is 6.81. The minimum absolute atomic E-state index is 0.133. The summed E-state index contributed by atoms with van der Waals surface area (Å²) in [4.78, 5) is 17.0. The molecular formula is C19H28N4O. The average Bonchev–Trinajstić information content (AvgIpc) is 3.01. The summed E-state index contributed by atoms with van der Waals surface area (Å²) in [5.41, 5.74) is 1.19. The Balaban J connectivity index is 1.42. The van der Waals surface area contributed by atoms with Gasteiger partial charge in [-0.2, -0.15) is 0 Å². The van der Waals surface area contributed by atoms with E-state index in [0.29, 0.717) is 12.5 Å². The number of likely N-dealkylation sites (N-methyl/N-ethyl adjacent to an activating group) is 1. The number of piperazine rings is 1. The highest BCUT2D eigenvalue weighted by Crippen LogP contribution is 2.15. The van der Waals surface area contributed by atoms with E-state index in [1.54, 1.807) is 0 Å².